The van der Waals surface area contributed by atoms with Crippen molar-refractivity contribution in [1.82, 2.24) is 9.97 Å². The number of hydrogen-bond donors (Lipinski definition) is 2. The molecule has 2 aromatic heterocycles. The lowest BCUT2D eigenvalue weighted by Gasteiger charge is -2.48. The van der Waals surface area contributed by atoms with E-state index in [0.29, 0.717) is 36.1 Å². The predicted octanol–water partition coefficient (Wildman–Crippen LogP) is 11.7. The molecular formula is C75H78N2O15. The highest BCUT2D eigenvalue weighted by atomic mass is 16.8. The Labute approximate surface area is 536 Å². The third kappa shape index (κ3) is 16.8. The molecule has 17 heteroatoms. The molecule has 0 saturated carbocycles. The van der Waals surface area contributed by atoms with Crippen molar-refractivity contribution < 1.29 is 72.0 Å². The highest BCUT2D eigenvalue weighted by Crippen LogP contribution is 2.42. The maximum atomic E-state index is 14.6. The van der Waals surface area contributed by atoms with Crippen molar-refractivity contribution in [3.63, 3.8) is 0 Å². The molecule has 0 unspecified atom stereocenters. The zero-order chi connectivity index (χ0) is 64.2. The lowest BCUT2D eigenvalue weighted by Crippen LogP contribution is -2.66. The van der Waals surface area contributed by atoms with Gasteiger partial charge in [0.15, 0.2) is 36.5 Å². The van der Waals surface area contributed by atoms with E-state index >= 15 is 0 Å². The number of rotatable bonds is 28. The first-order chi connectivity index (χ1) is 44.9. The third-order valence-corrected chi connectivity index (χ3v) is 16.4. The zero-order valence-corrected chi connectivity index (χ0v) is 51.9. The van der Waals surface area contributed by atoms with E-state index in [4.69, 9.17) is 47.6 Å². The summed E-state index contributed by atoms with van der Waals surface area (Å²) in [6.45, 7) is 5.25. The van der Waals surface area contributed by atoms with Gasteiger partial charge in [-0.05, 0) is 117 Å². The molecule has 2 saturated heterocycles. The molecule has 10 atom stereocenters. The molecule has 8 aromatic rings. The van der Waals surface area contributed by atoms with Gasteiger partial charge >= 0.3 is 23.9 Å². The predicted molar refractivity (Wildman–Crippen MR) is 341 cm³/mol. The number of esters is 4. The summed E-state index contributed by atoms with van der Waals surface area (Å²) < 4.78 is 59.1. The number of unbranched alkanes of at least 4 members (excludes halogenated alkanes) is 5. The number of aromatic nitrogens is 2. The lowest BCUT2D eigenvalue weighted by atomic mass is 9.81. The van der Waals surface area contributed by atoms with E-state index in [9.17, 15) is 29.4 Å². The molecule has 0 bridgehead atoms. The van der Waals surface area contributed by atoms with Crippen LogP contribution < -0.4 is 0 Å². The van der Waals surface area contributed by atoms with Crippen LogP contribution in [0.15, 0.2) is 212 Å². The standard InChI is InChI=1S/C75H78N2O15/c1-4-5-6-7-8-23-47-84-73-64(79)66(63(78)60(87-73)49-86-75(56-40-36-50(2)37-41-56,57-42-38-51(3)39-43-57)62-35-24-34-59(77-62)45-44-58-33-21-22-46-76-58)92-74-68(91-72(83)55-31-19-12-20-32-55)67(90-71(82)54-29-17-11-18-30-54)65(89-70(81)53-27-15-10-16-28-53)61(88-74)48-85-69(80)52-25-13-9-14-26-52/h9-22,24-43,46,60-61,63-68,73-74,78-79H,4-8,23,44-45,47-49H2,1-3H3/t60-,61-,63-,64-,65-,66+,67+,68-,73-,74+/m1/s1. The quantitative estimate of drug-likeness (QED) is 0.0265. The molecule has 478 valence electrons. The number of nitrogens with zero attached hydrogens (tertiary/aromatic N) is 2. The number of hydrogen-bond acceptors (Lipinski definition) is 17. The normalized spacial score (nSPS) is 21.4. The molecule has 0 spiro atoms. The van der Waals surface area contributed by atoms with Crippen LogP contribution >= 0.6 is 0 Å². The number of aliphatic hydroxyl groups excluding tert-OH is 2. The van der Waals surface area contributed by atoms with Gasteiger partial charge in [0.2, 0.25) is 0 Å². The number of benzene rings is 6. The van der Waals surface area contributed by atoms with Crippen molar-refractivity contribution in [2.24, 2.45) is 0 Å². The van der Waals surface area contributed by atoms with Crippen LogP contribution in [-0.4, -0.2) is 125 Å². The third-order valence-electron chi connectivity index (χ3n) is 16.4. The molecule has 0 amide bonds. The molecule has 10 rings (SSSR count). The first-order valence-electron chi connectivity index (χ1n) is 31.5. The minimum atomic E-state index is -1.92. The molecule has 0 radical (unpaired) electrons. The van der Waals surface area contributed by atoms with Crippen LogP contribution in [0.1, 0.15) is 126 Å². The van der Waals surface area contributed by atoms with Crippen molar-refractivity contribution in [1.29, 1.82) is 0 Å². The summed E-state index contributed by atoms with van der Waals surface area (Å²) in [5, 5.41) is 25.8. The van der Waals surface area contributed by atoms with E-state index in [2.05, 4.69) is 11.9 Å². The molecule has 2 aliphatic rings. The van der Waals surface area contributed by atoms with Crippen LogP contribution in [0, 0.1) is 13.8 Å². The number of ether oxygens (including phenoxy) is 9. The van der Waals surface area contributed by atoms with Crippen molar-refractivity contribution in [2.75, 3.05) is 19.8 Å². The smallest absolute Gasteiger partial charge is 0.338 e. The first-order valence-corrected chi connectivity index (χ1v) is 31.5. The lowest BCUT2D eigenvalue weighted by molar-refractivity contribution is -0.360. The fourth-order valence-corrected chi connectivity index (χ4v) is 11.3. The van der Waals surface area contributed by atoms with Crippen molar-refractivity contribution in [3.8, 4) is 0 Å². The Kier molecular flexibility index (Phi) is 23.4. The Bertz CT molecular complexity index is 3560. The van der Waals surface area contributed by atoms with Gasteiger partial charge in [0, 0.05) is 24.2 Å². The molecule has 2 fully saturated rings. The number of aryl methyl sites for hydroxylation is 4. The Hall–Kier alpha value is -8.78. The van der Waals surface area contributed by atoms with Gasteiger partial charge in [-0.25, -0.2) is 19.2 Å². The minimum Gasteiger partial charge on any atom is -0.459 e. The Morgan fingerprint density at radius 3 is 1.51 bits per heavy atom. The molecule has 17 nitrogen and oxygen atoms in total. The second-order valence-corrected chi connectivity index (χ2v) is 23.0. The van der Waals surface area contributed by atoms with Gasteiger partial charge < -0.3 is 52.8 Å². The summed E-state index contributed by atoms with van der Waals surface area (Å²) in [6.07, 6.45) is -8.46. The van der Waals surface area contributed by atoms with Crippen LogP contribution in [0.25, 0.3) is 0 Å². The van der Waals surface area contributed by atoms with Crippen molar-refractivity contribution in [2.45, 2.75) is 139 Å². The molecule has 92 heavy (non-hydrogen) atoms. The maximum Gasteiger partial charge on any atom is 0.338 e. The second-order valence-electron chi connectivity index (χ2n) is 23.0. The van der Waals surface area contributed by atoms with Crippen LogP contribution in [0.4, 0.5) is 0 Å². The van der Waals surface area contributed by atoms with Crippen molar-refractivity contribution >= 4 is 23.9 Å². The summed E-state index contributed by atoms with van der Waals surface area (Å²) in [4.78, 5) is 67.2. The largest absolute Gasteiger partial charge is 0.459 e. The van der Waals surface area contributed by atoms with Gasteiger partial charge in [0.05, 0.1) is 34.6 Å². The highest BCUT2D eigenvalue weighted by molar-refractivity contribution is 5.91. The molecule has 4 heterocycles. The topological polar surface area (TPSA) is 218 Å². The monoisotopic (exact) mass is 1250 g/mol. The SMILES string of the molecule is CCCCCCCCO[C@@H]1O[C@H](COC(c2ccc(C)cc2)(c2ccc(C)cc2)c2cccc(CCc3ccccn3)n2)[C@@H](O)[C@H](O[C@@H]2O[C@H](COC(=O)c3ccccc3)[C@@H](OC(=O)c3ccccc3)[C@H](OC(=O)c3ccccc3)[C@H]2OC(=O)c2ccccc2)[C@H]1O. The Morgan fingerprint density at radius 2 is 0.957 bits per heavy atom. The minimum absolute atomic E-state index is 0.0708. The fourth-order valence-electron chi connectivity index (χ4n) is 11.3. The summed E-state index contributed by atoms with van der Waals surface area (Å²) in [6, 6.07) is 59.6. The van der Waals surface area contributed by atoms with Gasteiger partial charge in [0.25, 0.3) is 0 Å². The summed E-state index contributed by atoms with van der Waals surface area (Å²) in [5.74, 6) is -3.54. The zero-order valence-electron chi connectivity index (χ0n) is 51.9. The molecule has 0 aliphatic carbocycles. The van der Waals surface area contributed by atoms with Crippen LogP contribution in [0.2, 0.25) is 0 Å². The van der Waals surface area contributed by atoms with Crippen molar-refractivity contribution in [3.05, 3.63) is 274 Å². The van der Waals surface area contributed by atoms with E-state index in [1.54, 1.807) is 91.1 Å². The molecule has 6 aromatic carbocycles. The van der Waals surface area contributed by atoms with Gasteiger partial charge in [0.1, 0.15) is 37.1 Å². The van der Waals surface area contributed by atoms with Crippen LogP contribution in [0.3, 0.4) is 0 Å². The number of carbonyl (C=O) groups excluding carboxylic acids is 4. The summed E-state index contributed by atoms with van der Waals surface area (Å²) in [7, 11) is 0. The van der Waals surface area contributed by atoms with Gasteiger partial charge in [-0.3, -0.25) is 9.97 Å². The molecule has 2 aliphatic heterocycles. The molecular weight excluding hydrogens is 1170 g/mol. The highest BCUT2D eigenvalue weighted by Gasteiger charge is 2.57. The van der Waals surface area contributed by atoms with Gasteiger partial charge in [-0.15, -0.1) is 0 Å². The van der Waals surface area contributed by atoms with Gasteiger partial charge in [-0.1, -0.05) is 184 Å². The molecule has 2 N–H and O–H groups in total. The van der Waals surface area contributed by atoms with Crippen LogP contribution in [-0.2, 0) is 61.1 Å². The maximum absolute atomic E-state index is 14.6. The van der Waals surface area contributed by atoms with Gasteiger partial charge in [-0.2, -0.15) is 0 Å². The Balaban J connectivity index is 1.06. The van der Waals surface area contributed by atoms with E-state index in [0.717, 1.165) is 54.6 Å². The number of aliphatic hydroxyl groups is 2. The van der Waals surface area contributed by atoms with E-state index in [1.165, 1.54) is 36.4 Å². The number of pyridine rings is 2. The summed E-state index contributed by atoms with van der Waals surface area (Å²) in [5.41, 5.74) is 4.62. The first kappa shape index (κ1) is 66.2. The fraction of sp³-hybridized carbons (Fsp3) is 0.333. The average Bonchev–Trinajstić information content (AvgIpc) is 0.772. The average molecular weight is 1250 g/mol. The van der Waals surface area contributed by atoms with E-state index < -0.39 is 97.5 Å². The number of carbonyl (C=O) groups is 4. The van der Waals surface area contributed by atoms with Crippen LogP contribution in [0.5, 0.6) is 0 Å². The van der Waals surface area contributed by atoms with E-state index in [-0.39, 0.29) is 35.5 Å². The second kappa shape index (κ2) is 32.5. The Morgan fingerprint density at radius 1 is 0.467 bits per heavy atom. The van der Waals surface area contributed by atoms with E-state index in [1.807, 2.05) is 98.8 Å². The summed E-state index contributed by atoms with van der Waals surface area (Å²) >= 11 is 0.